The minimum atomic E-state index is -1.00. The molecule has 7 N–H and O–H groups in total. The molecule has 76 valence electrons. The minimum absolute atomic E-state index is 0. The molecule has 6 nitrogen and oxygen atoms in total. The third kappa shape index (κ3) is 9.30. The zero-order valence-electron chi connectivity index (χ0n) is 7.12. The molecule has 0 saturated carbocycles. The van der Waals surface area contributed by atoms with Crippen molar-refractivity contribution in [1.82, 2.24) is 5.32 Å². The van der Waals surface area contributed by atoms with Gasteiger partial charge in [0.05, 0.1) is 0 Å². The van der Waals surface area contributed by atoms with Gasteiger partial charge in [-0.05, 0) is 12.8 Å². The van der Waals surface area contributed by atoms with Crippen molar-refractivity contribution in [2.75, 3.05) is 6.54 Å². The van der Waals surface area contributed by atoms with E-state index in [-0.39, 0.29) is 27.0 Å². The van der Waals surface area contributed by atoms with E-state index in [0.717, 1.165) is 0 Å². The summed E-state index contributed by atoms with van der Waals surface area (Å²) in [6.45, 7) is 0.482. The van der Waals surface area contributed by atoms with E-state index in [1.165, 1.54) is 0 Å². The number of hydrogen-bond acceptors (Lipinski definition) is 3. The Kier molecular flexibility index (Phi) is 9.17. The predicted octanol–water partition coefficient (Wildman–Crippen LogP) is -1.34. The molecular weight excluding hydrogens is 256 g/mol. The molecule has 0 aromatic carbocycles. The summed E-state index contributed by atoms with van der Waals surface area (Å²) in [7, 11) is 0. The van der Waals surface area contributed by atoms with Crippen molar-refractivity contribution in [3.63, 3.8) is 0 Å². The molecule has 0 amide bonds. The van der Waals surface area contributed by atoms with Gasteiger partial charge in [0.1, 0.15) is 6.04 Å². The molecule has 0 heterocycles. The third-order valence-corrected chi connectivity index (χ3v) is 1.32. The number of nitrogens with one attached hydrogen (secondary N) is 2. The maximum absolute atomic E-state index is 10.2. The van der Waals surface area contributed by atoms with Crippen molar-refractivity contribution in [2.45, 2.75) is 18.9 Å². The second kappa shape index (κ2) is 8.01. The Bertz CT molecular complexity index is 176. The van der Waals surface area contributed by atoms with Crippen LogP contribution in [0.2, 0.25) is 0 Å². The van der Waals surface area contributed by atoms with E-state index >= 15 is 0 Å². The fraction of sp³-hybridized carbons (Fsp3) is 0.667. The normalized spacial score (nSPS) is 11.2. The van der Waals surface area contributed by atoms with Crippen LogP contribution in [0.3, 0.4) is 0 Å². The van der Waals surface area contributed by atoms with Gasteiger partial charge < -0.3 is 21.9 Å². The SMILES string of the molecule is N=C(N)NCCC[C@H](N)C(=O)O.[Mo]. The van der Waals surface area contributed by atoms with E-state index < -0.39 is 12.0 Å². The zero-order chi connectivity index (χ0) is 9.56. The molecule has 0 fully saturated rings. The van der Waals surface area contributed by atoms with Crippen LogP contribution in [0.4, 0.5) is 0 Å². The fourth-order valence-electron chi connectivity index (χ4n) is 0.669. The molecule has 0 radical (unpaired) electrons. The standard InChI is InChI=1S/C6H14N4O2.Mo/c7-4(5(11)12)2-1-3-10-6(8)9;/h4H,1-3,7H2,(H,11,12)(H4,8,9,10);/t4-;/m0./s1. The molecule has 0 unspecified atom stereocenters. The van der Waals surface area contributed by atoms with Gasteiger partial charge in [0.25, 0.3) is 0 Å². The Labute approximate surface area is 90.8 Å². The van der Waals surface area contributed by atoms with Crippen LogP contribution in [0, 0.1) is 5.41 Å². The van der Waals surface area contributed by atoms with Crippen LogP contribution in [0.5, 0.6) is 0 Å². The van der Waals surface area contributed by atoms with Crippen molar-refractivity contribution in [3.8, 4) is 0 Å². The van der Waals surface area contributed by atoms with Crippen LogP contribution in [0.25, 0.3) is 0 Å². The third-order valence-electron chi connectivity index (χ3n) is 1.32. The van der Waals surface area contributed by atoms with Gasteiger partial charge in [0, 0.05) is 27.6 Å². The van der Waals surface area contributed by atoms with Gasteiger partial charge >= 0.3 is 5.97 Å². The van der Waals surface area contributed by atoms with Crippen molar-refractivity contribution >= 4 is 11.9 Å². The Morgan fingerprint density at radius 3 is 2.54 bits per heavy atom. The molecule has 0 aromatic heterocycles. The molecule has 0 aliphatic carbocycles. The molecule has 0 bridgehead atoms. The second-order valence-electron chi connectivity index (χ2n) is 2.43. The molecule has 7 heteroatoms. The number of nitrogens with two attached hydrogens (primary N) is 2. The summed E-state index contributed by atoms with van der Waals surface area (Å²) in [5.41, 5.74) is 10.2. The molecular formula is C6H14MoN4O2. The monoisotopic (exact) mass is 272 g/mol. The number of rotatable bonds is 5. The average Bonchev–Trinajstić information content (AvgIpc) is 1.97. The molecule has 13 heavy (non-hydrogen) atoms. The van der Waals surface area contributed by atoms with Gasteiger partial charge in [-0.2, -0.15) is 0 Å². The van der Waals surface area contributed by atoms with Crippen molar-refractivity contribution in [2.24, 2.45) is 11.5 Å². The quantitative estimate of drug-likeness (QED) is 0.183. The summed E-state index contributed by atoms with van der Waals surface area (Å²) in [5.74, 6) is -1.11. The number of guanidine groups is 1. The van der Waals surface area contributed by atoms with E-state index in [1.54, 1.807) is 0 Å². The van der Waals surface area contributed by atoms with Crippen LogP contribution in [0.15, 0.2) is 0 Å². The summed E-state index contributed by atoms with van der Waals surface area (Å²) in [6.07, 6.45) is 0.975. The Morgan fingerprint density at radius 2 is 2.15 bits per heavy atom. The molecule has 0 spiro atoms. The molecule has 0 aliphatic rings. The van der Waals surface area contributed by atoms with Crippen LogP contribution >= 0.6 is 0 Å². The maximum Gasteiger partial charge on any atom is 0.320 e. The molecule has 0 aliphatic heterocycles. The second-order valence-corrected chi connectivity index (χ2v) is 2.43. The van der Waals surface area contributed by atoms with Crippen molar-refractivity contribution in [3.05, 3.63) is 0 Å². The number of carboxylic acid groups (broad SMARTS) is 1. The Morgan fingerprint density at radius 1 is 1.62 bits per heavy atom. The fourth-order valence-corrected chi connectivity index (χ4v) is 0.669. The Hall–Kier alpha value is -0.612. The zero-order valence-corrected chi connectivity index (χ0v) is 9.12. The Balaban J connectivity index is 0. The summed E-state index contributed by atoms with van der Waals surface area (Å²) < 4.78 is 0. The van der Waals surface area contributed by atoms with E-state index in [4.69, 9.17) is 22.0 Å². The average molecular weight is 270 g/mol. The van der Waals surface area contributed by atoms with Crippen LogP contribution in [0.1, 0.15) is 12.8 Å². The van der Waals surface area contributed by atoms with Gasteiger partial charge in [-0.3, -0.25) is 10.2 Å². The number of carboxylic acids is 1. The molecule has 1 atom stereocenters. The first-order valence-corrected chi connectivity index (χ1v) is 3.60. The number of hydrogen-bond donors (Lipinski definition) is 5. The minimum Gasteiger partial charge on any atom is -0.480 e. The van der Waals surface area contributed by atoms with E-state index in [9.17, 15) is 4.79 Å². The first-order valence-electron chi connectivity index (χ1n) is 3.60. The smallest absolute Gasteiger partial charge is 0.320 e. The first-order chi connectivity index (χ1) is 5.54. The number of carbonyl (C=O) groups is 1. The van der Waals surface area contributed by atoms with Gasteiger partial charge in [-0.25, -0.2) is 0 Å². The van der Waals surface area contributed by atoms with E-state index in [1.807, 2.05) is 0 Å². The molecule has 0 aromatic rings. The topological polar surface area (TPSA) is 125 Å². The number of aliphatic carboxylic acids is 1. The maximum atomic E-state index is 10.2. The summed E-state index contributed by atoms with van der Waals surface area (Å²) in [4.78, 5) is 10.2. The van der Waals surface area contributed by atoms with E-state index in [0.29, 0.717) is 19.4 Å². The predicted molar refractivity (Wildman–Crippen MR) is 44.8 cm³/mol. The largest absolute Gasteiger partial charge is 0.480 e. The van der Waals surface area contributed by atoms with E-state index in [2.05, 4.69) is 5.32 Å². The first kappa shape index (κ1) is 14.9. The van der Waals surface area contributed by atoms with Crippen LogP contribution < -0.4 is 16.8 Å². The summed E-state index contributed by atoms with van der Waals surface area (Å²) in [6, 6.07) is -0.821. The van der Waals surface area contributed by atoms with Gasteiger partial charge in [-0.15, -0.1) is 0 Å². The van der Waals surface area contributed by atoms with Gasteiger partial charge in [-0.1, -0.05) is 0 Å². The molecule has 0 rings (SSSR count). The van der Waals surface area contributed by atoms with Crippen molar-refractivity contribution in [1.29, 1.82) is 5.41 Å². The summed E-state index contributed by atoms with van der Waals surface area (Å²) >= 11 is 0. The van der Waals surface area contributed by atoms with Crippen LogP contribution in [-0.4, -0.2) is 29.6 Å². The van der Waals surface area contributed by atoms with Crippen molar-refractivity contribution < 1.29 is 31.0 Å². The summed E-state index contributed by atoms with van der Waals surface area (Å²) in [5, 5.41) is 17.7. The van der Waals surface area contributed by atoms with Crippen LogP contribution in [-0.2, 0) is 25.9 Å². The van der Waals surface area contributed by atoms with Gasteiger partial charge in [0.15, 0.2) is 5.96 Å². The van der Waals surface area contributed by atoms with Gasteiger partial charge in [0.2, 0.25) is 0 Å². The molecule has 0 saturated heterocycles.